The molecule has 88 valence electrons. The number of carbonyl (C=O) groups is 1. The van der Waals surface area contributed by atoms with E-state index in [0.717, 1.165) is 22.4 Å². The summed E-state index contributed by atoms with van der Waals surface area (Å²) in [6, 6.07) is 3.72. The van der Waals surface area contributed by atoms with Crippen molar-refractivity contribution >= 4 is 5.78 Å². The van der Waals surface area contributed by atoms with Crippen molar-refractivity contribution in [2.75, 3.05) is 14.2 Å². The Labute approximate surface area is 96.8 Å². The van der Waals surface area contributed by atoms with Crippen molar-refractivity contribution in [3.63, 3.8) is 0 Å². The molecule has 0 aliphatic carbocycles. The van der Waals surface area contributed by atoms with Crippen molar-refractivity contribution in [2.45, 2.75) is 26.8 Å². The highest BCUT2D eigenvalue weighted by Gasteiger charge is 2.21. The van der Waals surface area contributed by atoms with Crippen LogP contribution in [0.3, 0.4) is 0 Å². The van der Waals surface area contributed by atoms with Gasteiger partial charge in [0.05, 0.1) is 13.2 Å². The molecule has 0 aliphatic heterocycles. The van der Waals surface area contributed by atoms with Gasteiger partial charge >= 0.3 is 0 Å². The van der Waals surface area contributed by atoms with E-state index in [9.17, 15) is 4.79 Å². The smallest absolute Gasteiger partial charge is 0.151 e. The van der Waals surface area contributed by atoms with Gasteiger partial charge in [0, 0.05) is 5.56 Å². The molecule has 0 spiro atoms. The quantitative estimate of drug-likeness (QED) is 0.846. The minimum atomic E-state index is -0.296. The van der Waals surface area contributed by atoms with Gasteiger partial charge in [-0.3, -0.25) is 4.79 Å². The lowest BCUT2D eigenvalue weighted by atomic mass is 9.95. The third kappa shape index (κ3) is 2.42. The average molecular weight is 221 g/mol. The van der Waals surface area contributed by atoms with Crippen LogP contribution >= 0.6 is 0 Å². The highest BCUT2D eigenvalue weighted by molar-refractivity contribution is 5.84. The fourth-order valence-electron chi connectivity index (χ4n) is 2.03. The van der Waals surface area contributed by atoms with Crippen molar-refractivity contribution in [3.05, 3.63) is 28.8 Å². The standard InChI is InChI=1S/C13H19NO2/c1-8-6-9(2)12(11(7-8)16-5)13(14-4)10(3)15/h6-7,13-14H,1-5H3. The Morgan fingerprint density at radius 2 is 2.00 bits per heavy atom. The number of ketones is 1. The Balaban J connectivity index is 3.35. The van der Waals surface area contributed by atoms with Gasteiger partial charge in [-0.1, -0.05) is 6.07 Å². The molecule has 3 nitrogen and oxygen atoms in total. The van der Waals surface area contributed by atoms with Crippen LogP contribution in [0.1, 0.15) is 29.7 Å². The summed E-state index contributed by atoms with van der Waals surface area (Å²) < 4.78 is 5.35. The molecular formula is C13H19NO2. The summed E-state index contributed by atoms with van der Waals surface area (Å²) in [6.07, 6.45) is 0. The monoisotopic (exact) mass is 221 g/mol. The predicted octanol–water partition coefficient (Wildman–Crippen LogP) is 2.16. The molecule has 16 heavy (non-hydrogen) atoms. The van der Waals surface area contributed by atoms with Crippen molar-refractivity contribution < 1.29 is 9.53 Å². The fourth-order valence-corrected chi connectivity index (χ4v) is 2.03. The largest absolute Gasteiger partial charge is 0.496 e. The molecule has 3 heteroatoms. The number of hydrogen-bond acceptors (Lipinski definition) is 3. The van der Waals surface area contributed by atoms with Crippen LogP contribution in [0.25, 0.3) is 0 Å². The Morgan fingerprint density at radius 3 is 2.44 bits per heavy atom. The van der Waals surface area contributed by atoms with E-state index in [1.54, 1.807) is 21.1 Å². The van der Waals surface area contributed by atoms with E-state index >= 15 is 0 Å². The van der Waals surface area contributed by atoms with Crippen LogP contribution < -0.4 is 10.1 Å². The van der Waals surface area contributed by atoms with Gasteiger partial charge in [-0.25, -0.2) is 0 Å². The maximum Gasteiger partial charge on any atom is 0.151 e. The molecule has 1 aromatic rings. The van der Waals surface area contributed by atoms with Gasteiger partial charge < -0.3 is 10.1 Å². The second kappa shape index (κ2) is 5.12. The zero-order valence-electron chi connectivity index (χ0n) is 10.5. The van der Waals surface area contributed by atoms with E-state index in [-0.39, 0.29) is 11.8 Å². The van der Waals surface area contributed by atoms with Gasteiger partial charge in [-0.15, -0.1) is 0 Å². The summed E-state index contributed by atoms with van der Waals surface area (Å²) in [5, 5.41) is 3.02. The zero-order chi connectivity index (χ0) is 12.3. The van der Waals surface area contributed by atoms with Crippen LogP contribution in [0.15, 0.2) is 12.1 Å². The molecule has 1 aromatic carbocycles. The Bertz CT molecular complexity index is 399. The van der Waals surface area contributed by atoms with E-state index < -0.39 is 0 Å². The minimum absolute atomic E-state index is 0.0905. The number of benzene rings is 1. The van der Waals surface area contributed by atoms with E-state index in [2.05, 4.69) is 11.4 Å². The minimum Gasteiger partial charge on any atom is -0.496 e. The third-order valence-corrected chi connectivity index (χ3v) is 2.70. The fraction of sp³-hybridized carbons (Fsp3) is 0.462. The molecule has 0 bridgehead atoms. The van der Waals surface area contributed by atoms with Gasteiger partial charge in [-0.2, -0.15) is 0 Å². The lowest BCUT2D eigenvalue weighted by molar-refractivity contribution is -0.119. The van der Waals surface area contributed by atoms with Crippen LogP contribution in [-0.2, 0) is 4.79 Å². The van der Waals surface area contributed by atoms with Crippen molar-refractivity contribution in [1.29, 1.82) is 0 Å². The van der Waals surface area contributed by atoms with Crippen LogP contribution in [-0.4, -0.2) is 19.9 Å². The lowest BCUT2D eigenvalue weighted by Crippen LogP contribution is -2.24. The van der Waals surface area contributed by atoms with Gasteiger partial charge in [0.2, 0.25) is 0 Å². The Morgan fingerprint density at radius 1 is 1.38 bits per heavy atom. The molecule has 0 amide bonds. The summed E-state index contributed by atoms with van der Waals surface area (Å²) in [5.74, 6) is 0.861. The molecule has 0 saturated carbocycles. The van der Waals surface area contributed by atoms with Crippen molar-refractivity contribution in [1.82, 2.24) is 5.32 Å². The number of hydrogen-bond donors (Lipinski definition) is 1. The van der Waals surface area contributed by atoms with E-state index in [1.807, 2.05) is 19.9 Å². The third-order valence-electron chi connectivity index (χ3n) is 2.70. The predicted molar refractivity (Wildman–Crippen MR) is 64.9 cm³/mol. The first kappa shape index (κ1) is 12.7. The number of nitrogens with one attached hydrogen (secondary N) is 1. The summed E-state index contributed by atoms with van der Waals surface area (Å²) in [4.78, 5) is 11.6. The van der Waals surface area contributed by atoms with Crippen LogP contribution in [0.4, 0.5) is 0 Å². The molecule has 1 N–H and O–H groups in total. The van der Waals surface area contributed by atoms with Gasteiger partial charge in [0.15, 0.2) is 5.78 Å². The molecule has 0 aliphatic rings. The number of methoxy groups -OCH3 is 1. The van der Waals surface area contributed by atoms with Crippen LogP contribution in [0, 0.1) is 13.8 Å². The Hall–Kier alpha value is -1.35. The van der Waals surface area contributed by atoms with Crippen LogP contribution in [0.5, 0.6) is 5.75 Å². The maximum atomic E-state index is 11.6. The molecule has 0 fully saturated rings. The highest BCUT2D eigenvalue weighted by Crippen LogP contribution is 2.30. The van der Waals surface area contributed by atoms with Crippen LogP contribution in [0.2, 0.25) is 0 Å². The first-order valence-electron chi connectivity index (χ1n) is 5.34. The summed E-state index contributed by atoms with van der Waals surface area (Å²) in [7, 11) is 3.41. The molecule has 0 saturated heterocycles. The number of Topliss-reactive ketones (excluding diaryl/α,β-unsaturated/α-hetero) is 1. The van der Waals surface area contributed by atoms with Crippen molar-refractivity contribution in [3.8, 4) is 5.75 Å². The maximum absolute atomic E-state index is 11.6. The van der Waals surface area contributed by atoms with Gasteiger partial charge in [-0.05, 0) is 45.0 Å². The molecular weight excluding hydrogens is 202 g/mol. The molecule has 1 atom stereocenters. The Kier molecular flexibility index (Phi) is 4.07. The van der Waals surface area contributed by atoms with Crippen molar-refractivity contribution in [2.24, 2.45) is 0 Å². The van der Waals surface area contributed by atoms with E-state index in [0.29, 0.717) is 0 Å². The first-order valence-corrected chi connectivity index (χ1v) is 5.34. The lowest BCUT2D eigenvalue weighted by Gasteiger charge is -2.19. The second-order valence-corrected chi connectivity index (χ2v) is 4.03. The average Bonchev–Trinajstić information content (AvgIpc) is 2.21. The number of carbonyl (C=O) groups excluding carboxylic acids is 1. The zero-order valence-corrected chi connectivity index (χ0v) is 10.5. The molecule has 0 heterocycles. The topological polar surface area (TPSA) is 38.3 Å². The molecule has 1 unspecified atom stereocenters. The number of likely N-dealkylation sites (N-methyl/N-ethyl adjacent to an activating group) is 1. The van der Waals surface area contributed by atoms with Gasteiger partial charge in [0.25, 0.3) is 0 Å². The summed E-state index contributed by atoms with van der Waals surface area (Å²) in [5.41, 5.74) is 3.14. The molecule has 1 rings (SSSR count). The highest BCUT2D eigenvalue weighted by atomic mass is 16.5. The summed E-state index contributed by atoms with van der Waals surface area (Å²) >= 11 is 0. The summed E-state index contributed by atoms with van der Waals surface area (Å²) in [6.45, 7) is 5.60. The SMILES string of the molecule is CNC(C(C)=O)c1c(C)cc(C)cc1OC. The van der Waals surface area contributed by atoms with Gasteiger partial charge in [0.1, 0.15) is 5.75 Å². The number of rotatable bonds is 4. The number of aryl methyl sites for hydroxylation is 2. The first-order chi connectivity index (χ1) is 7.51. The molecule has 0 aromatic heterocycles. The molecule has 0 radical (unpaired) electrons. The number of ether oxygens (including phenoxy) is 1. The van der Waals surface area contributed by atoms with E-state index in [4.69, 9.17) is 4.74 Å². The second-order valence-electron chi connectivity index (χ2n) is 4.03. The van der Waals surface area contributed by atoms with E-state index in [1.165, 1.54) is 0 Å². The normalized spacial score (nSPS) is 12.3.